The molecule has 0 saturated heterocycles. The largest absolute Gasteiger partial charge is 0.478 e. The lowest BCUT2D eigenvalue weighted by molar-refractivity contribution is -0.390. The maximum Gasteiger partial charge on any atom is 0.427 e. The number of hydrogen-bond donors (Lipinski definition) is 1. The third-order valence-electron chi connectivity index (χ3n) is 2.42. The molecule has 0 spiro atoms. The SMILES string of the molecule is Cn1cnc([N+](=O)[O-])c1Oc1ccc(C(=O)O)c(F)c1. The standard InChI is InChI=1S/C11H8FN3O5/c1-14-5-13-9(15(18)19)10(14)20-6-2-3-7(11(16)17)8(12)4-6/h2-5H,1H3,(H,16,17). The molecule has 2 rings (SSSR count). The van der Waals surface area contributed by atoms with Crippen LogP contribution in [0.2, 0.25) is 0 Å². The van der Waals surface area contributed by atoms with Crippen LogP contribution in [0, 0.1) is 15.9 Å². The summed E-state index contributed by atoms with van der Waals surface area (Å²) >= 11 is 0. The molecule has 0 aliphatic carbocycles. The molecule has 20 heavy (non-hydrogen) atoms. The van der Waals surface area contributed by atoms with Crippen LogP contribution in [-0.4, -0.2) is 25.6 Å². The number of imidazole rings is 1. The average Bonchev–Trinajstić information content (AvgIpc) is 2.71. The molecule has 1 aromatic carbocycles. The molecule has 8 nitrogen and oxygen atoms in total. The second kappa shape index (κ2) is 4.96. The second-order valence-electron chi connectivity index (χ2n) is 3.79. The first-order chi connectivity index (χ1) is 9.40. The highest BCUT2D eigenvalue weighted by Crippen LogP contribution is 2.30. The highest BCUT2D eigenvalue weighted by atomic mass is 19.1. The fourth-order valence-electron chi connectivity index (χ4n) is 1.49. The Morgan fingerprint density at radius 1 is 1.55 bits per heavy atom. The summed E-state index contributed by atoms with van der Waals surface area (Å²) in [7, 11) is 1.47. The number of hydrogen-bond acceptors (Lipinski definition) is 5. The number of carboxylic acids is 1. The Hall–Kier alpha value is -2.97. The zero-order valence-electron chi connectivity index (χ0n) is 10.1. The molecule has 0 unspecified atom stereocenters. The van der Waals surface area contributed by atoms with Crippen LogP contribution in [0.5, 0.6) is 11.6 Å². The summed E-state index contributed by atoms with van der Waals surface area (Å²) in [5.74, 6) is -3.19. The number of nitro groups is 1. The quantitative estimate of drug-likeness (QED) is 0.678. The molecular weight excluding hydrogens is 273 g/mol. The van der Waals surface area contributed by atoms with Gasteiger partial charge in [-0.2, -0.15) is 0 Å². The van der Waals surface area contributed by atoms with Gasteiger partial charge >= 0.3 is 17.7 Å². The first-order valence-electron chi connectivity index (χ1n) is 5.26. The molecular formula is C11H8FN3O5. The predicted molar refractivity (Wildman–Crippen MR) is 63.3 cm³/mol. The third kappa shape index (κ3) is 2.41. The van der Waals surface area contributed by atoms with E-state index >= 15 is 0 Å². The number of carboxylic acid groups (broad SMARTS) is 1. The van der Waals surface area contributed by atoms with Gasteiger partial charge in [0.25, 0.3) is 0 Å². The topological polar surface area (TPSA) is 107 Å². The fourth-order valence-corrected chi connectivity index (χ4v) is 1.49. The predicted octanol–water partition coefficient (Wildman–Crippen LogP) is 1.96. The number of aromatic nitrogens is 2. The van der Waals surface area contributed by atoms with Crippen LogP contribution in [0.1, 0.15) is 10.4 Å². The fraction of sp³-hybridized carbons (Fsp3) is 0.0909. The lowest BCUT2D eigenvalue weighted by atomic mass is 10.2. The van der Waals surface area contributed by atoms with Crippen LogP contribution in [0.25, 0.3) is 0 Å². The van der Waals surface area contributed by atoms with Gasteiger partial charge in [0, 0.05) is 13.1 Å². The van der Waals surface area contributed by atoms with Crippen molar-refractivity contribution in [2.75, 3.05) is 0 Å². The number of aryl methyl sites for hydroxylation is 1. The Morgan fingerprint density at radius 2 is 2.25 bits per heavy atom. The Labute approximate surface area is 111 Å². The van der Waals surface area contributed by atoms with Gasteiger partial charge < -0.3 is 20.0 Å². The van der Waals surface area contributed by atoms with Gasteiger partial charge in [-0.1, -0.05) is 0 Å². The summed E-state index contributed by atoms with van der Waals surface area (Å²) in [4.78, 5) is 24.2. The molecule has 1 heterocycles. The lowest BCUT2D eigenvalue weighted by Gasteiger charge is -2.06. The Bertz CT molecular complexity index is 697. The first kappa shape index (κ1) is 13.5. The average molecular weight is 281 g/mol. The van der Waals surface area contributed by atoms with Gasteiger partial charge in [0.05, 0.1) is 5.56 Å². The molecule has 9 heteroatoms. The molecule has 0 bridgehead atoms. The number of ether oxygens (including phenoxy) is 1. The molecule has 0 radical (unpaired) electrons. The van der Waals surface area contributed by atoms with Crippen LogP contribution < -0.4 is 4.74 Å². The molecule has 0 aliphatic heterocycles. The number of benzene rings is 1. The Kier molecular flexibility index (Phi) is 3.34. The molecule has 0 saturated carbocycles. The van der Waals surface area contributed by atoms with Gasteiger partial charge in [-0.05, 0) is 22.0 Å². The summed E-state index contributed by atoms with van der Waals surface area (Å²) in [6.07, 6.45) is 1.18. The number of aromatic carboxylic acids is 1. The van der Waals surface area contributed by atoms with Crippen LogP contribution in [0.15, 0.2) is 24.5 Å². The van der Waals surface area contributed by atoms with Crippen molar-refractivity contribution in [2.24, 2.45) is 7.05 Å². The van der Waals surface area contributed by atoms with Crippen molar-refractivity contribution in [1.82, 2.24) is 9.55 Å². The van der Waals surface area contributed by atoms with Crippen molar-refractivity contribution in [3.05, 3.63) is 46.0 Å². The molecule has 0 fully saturated rings. The Balaban J connectivity index is 2.36. The van der Waals surface area contributed by atoms with Crippen LogP contribution >= 0.6 is 0 Å². The zero-order valence-corrected chi connectivity index (χ0v) is 10.1. The smallest absolute Gasteiger partial charge is 0.427 e. The number of nitrogens with zero attached hydrogens (tertiary/aromatic N) is 3. The van der Waals surface area contributed by atoms with Gasteiger partial charge in [0.1, 0.15) is 11.6 Å². The van der Waals surface area contributed by atoms with Gasteiger partial charge in [-0.15, -0.1) is 0 Å². The van der Waals surface area contributed by atoms with E-state index in [-0.39, 0.29) is 11.6 Å². The van der Waals surface area contributed by atoms with E-state index in [1.807, 2.05) is 0 Å². The van der Waals surface area contributed by atoms with E-state index in [1.165, 1.54) is 24.0 Å². The summed E-state index contributed by atoms with van der Waals surface area (Å²) in [6.45, 7) is 0. The van der Waals surface area contributed by atoms with Gasteiger partial charge in [0.15, 0.2) is 0 Å². The molecule has 0 atom stereocenters. The zero-order chi connectivity index (χ0) is 14.9. The van der Waals surface area contributed by atoms with E-state index in [0.717, 1.165) is 12.1 Å². The van der Waals surface area contributed by atoms with Crippen molar-refractivity contribution >= 4 is 11.8 Å². The minimum Gasteiger partial charge on any atom is -0.478 e. The maximum atomic E-state index is 13.5. The molecule has 1 aromatic heterocycles. The van der Waals surface area contributed by atoms with Gasteiger partial charge in [-0.25, -0.2) is 9.18 Å². The first-order valence-corrected chi connectivity index (χ1v) is 5.26. The molecule has 0 amide bonds. The van der Waals surface area contributed by atoms with Crippen molar-refractivity contribution in [2.45, 2.75) is 0 Å². The Morgan fingerprint density at radius 3 is 2.80 bits per heavy atom. The van der Waals surface area contributed by atoms with Gasteiger partial charge in [0.2, 0.25) is 6.33 Å². The third-order valence-corrected chi connectivity index (χ3v) is 2.42. The highest BCUT2D eigenvalue weighted by Gasteiger charge is 2.23. The number of rotatable bonds is 4. The van der Waals surface area contributed by atoms with Crippen LogP contribution in [0.3, 0.4) is 0 Å². The summed E-state index contributed by atoms with van der Waals surface area (Å²) < 4.78 is 19.9. The summed E-state index contributed by atoms with van der Waals surface area (Å²) in [6, 6.07) is 3.04. The van der Waals surface area contributed by atoms with E-state index in [1.54, 1.807) is 0 Å². The normalized spacial score (nSPS) is 10.3. The highest BCUT2D eigenvalue weighted by molar-refractivity contribution is 5.88. The van der Waals surface area contributed by atoms with E-state index in [0.29, 0.717) is 0 Å². The van der Waals surface area contributed by atoms with Crippen molar-refractivity contribution in [3.63, 3.8) is 0 Å². The summed E-state index contributed by atoms with van der Waals surface area (Å²) in [5.41, 5.74) is -0.517. The number of halogens is 1. The summed E-state index contributed by atoms with van der Waals surface area (Å²) in [5, 5.41) is 19.4. The molecule has 0 aliphatic rings. The van der Waals surface area contributed by atoms with Crippen LogP contribution in [-0.2, 0) is 7.05 Å². The van der Waals surface area contributed by atoms with Gasteiger partial charge in [-0.3, -0.25) is 4.57 Å². The molecule has 104 valence electrons. The van der Waals surface area contributed by atoms with Crippen LogP contribution in [0.4, 0.5) is 10.2 Å². The van der Waals surface area contributed by atoms with E-state index in [4.69, 9.17) is 9.84 Å². The molecule has 1 N–H and O–H groups in total. The second-order valence-corrected chi connectivity index (χ2v) is 3.79. The number of carbonyl (C=O) groups is 1. The van der Waals surface area contributed by atoms with Crippen molar-refractivity contribution in [1.29, 1.82) is 0 Å². The van der Waals surface area contributed by atoms with Crippen molar-refractivity contribution < 1.29 is 24.0 Å². The minimum atomic E-state index is -1.42. The molecule has 2 aromatic rings. The van der Waals surface area contributed by atoms with E-state index < -0.39 is 28.1 Å². The van der Waals surface area contributed by atoms with E-state index in [2.05, 4.69) is 4.98 Å². The minimum absolute atomic E-state index is 0.0702. The van der Waals surface area contributed by atoms with E-state index in [9.17, 15) is 19.3 Å². The monoisotopic (exact) mass is 281 g/mol. The van der Waals surface area contributed by atoms with Crippen molar-refractivity contribution in [3.8, 4) is 11.6 Å². The maximum absolute atomic E-state index is 13.5. The lowest BCUT2D eigenvalue weighted by Crippen LogP contribution is -2.01.